The lowest BCUT2D eigenvalue weighted by molar-refractivity contribution is -0.0231. The number of fused-ring (bicyclic) bond motifs is 1. The van der Waals surface area contributed by atoms with Crippen molar-refractivity contribution < 1.29 is 23.8 Å². The molecule has 4 atom stereocenters. The summed E-state index contributed by atoms with van der Waals surface area (Å²) in [6, 6.07) is 13.1. The fraction of sp³-hybridized carbons (Fsp3) is 0.417. The van der Waals surface area contributed by atoms with Gasteiger partial charge in [0.05, 0.1) is 30.4 Å². The maximum absolute atomic E-state index is 13.7. The predicted octanol–water partition coefficient (Wildman–Crippen LogP) is 3.13. The zero-order chi connectivity index (χ0) is 22.0. The normalized spacial score (nSPS) is 25.5. The van der Waals surface area contributed by atoms with Crippen molar-refractivity contribution in [1.82, 2.24) is 4.90 Å². The largest absolute Gasteiger partial charge is 0.488 e. The summed E-state index contributed by atoms with van der Waals surface area (Å²) >= 11 is 0. The minimum Gasteiger partial charge on any atom is -0.488 e. The Morgan fingerprint density at radius 2 is 1.90 bits per heavy atom. The standard InChI is InChI=1S/C24H25FN2O4/c1-30-24(29)17-2-4-21(5-3-17)31-23-10-19-14-27(13-18(19)9-22(23)28)12-16-6-15(11-26)7-20(25)8-16/h2-8,18-19,22-23,28H,9-10,12-14H2,1H3/t18-,19+,22+,23+/m0/s1. The number of hydrogen-bond acceptors (Lipinski definition) is 6. The van der Waals surface area contributed by atoms with E-state index in [4.69, 9.17) is 14.7 Å². The monoisotopic (exact) mass is 424 g/mol. The summed E-state index contributed by atoms with van der Waals surface area (Å²) in [5.74, 6) is 0.548. The lowest BCUT2D eigenvalue weighted by atomic mass is 9.78. The second-order valence-electron chi connectivity index (χ2n) is 8.39. The number of methoxy groups -OCH3 is 1. The Morgan fingerprint density at radius 1 is 1.19 bits per heavy atom. The fourth-order valence-electron chi connectivity index (χ4n) is 4.77. The molecule has 0 aromatic heterocycles. The van der Waals surface area contributed by atoms with Gasteiger partial charge in [-0.1, -0.05) is 0 Å². The molecule has 0 amide bonds. The number of nitriles is 1. The van der Waals surface area contributed by atoms with Gasteiger partial charge in [0.1, 0.15) is 17.7 Å². The lowest BCUT2D eigenvalue weighted by Gasteiger charge is -2.35. The van der Waals surface area contributed by atoms with Gasteiger partial charge in [0.25, 0.3) is 0 Å². The topological polar surface area (TPSA) is 82.8 Å². The molecule has 7 heteroatoms. The van der Waals surface area contributed by atoms with Crippen LogP contribution in [0.3, 0.4) is 0 Å². The van der Waals surface area contributed by atoms with E-state index < -0.39 is 17.9 Å². The SMILES string of the molecule is COC(=O)c1ccc(O[C@@H]2C[C@@H]3CN(Cc4cc(F)cc(C#N)c4)C[C@@H]3C[C@H]2O)cc1. The summed E-state index contributed by atoms with van der Waals surface area (Å²) in [5, 5.41) is 19.7. The molecule has 0 radical (unpaired) electrons. The van der Waals surface area contributed by atoms with E-state index in [0.29, 0.717) is 41.7 Å². The summed E-state index contributed by atoms with van der Waals surface area (Å²) in [6.45, 7) is 2.26. The Bertz CT molecular complexity index is 988. The van der Waals surface area contributed by atoms with Crippen molar-refractivity contribution in [2.75, 3.05) is 20.2 Å². The summed E-state index contributed by atoms with van der Waals surface area (Å²) in [5.41, 5.74) is 1.56. The van der Waals surface area contributed by atoms with Crippen LogP contribution in [0.2, 0.25) is 0 Å². The maximum Gasteiger partial charge on any atom is 0.337 e. The van der Waals surface area contributed by atoms with Crippen molar-refractivity contribution >= 4 is 5.97 Å². The quantitative estimate of drug-likeness (QED) is 0.743. The van der Waals surface area contributed by atoms with E-state index in [-0.39, 0.29) is 6.10 Å². The van der Waals surface area contributed by atoms with Crippen LogP contribution in [0.1, 0.15) is 34.3 Å². The number of esters is 1. The van der Waals surface area contributed by atoms with Crippen LogP contribution in [0.15, 0.2) is 42.5 Å². The number of hydrogen-bond donors (Lipinski definition) is 1. The highest BCUT2D eigenvalue weighted by molar-refractivity contribution is 5.89. The highest BCUT2D eigenvalue weighted by Gasteiger charge is 2.42. The number of ether oxygens (including phenoxy) is 2. The number of aliphatic hydroxyl groups excluding tert-OH is 1. The number of carbonyl (C=O) groups excluding carboxylic acids is 1. The first-order valence-electron chi connectivity index (χ1n) is 10.4. The van der Waals surface area contributed by atoms with Crippen molar-refractivity contribution in [3.63, 3.8) is 0 Å². The molecule has 31 heavy (non-hydrogen) atoms. The number of carbonyl (C=O) groups is 1. The van der Waals surface area contributed by atoms with Gasteiger partial charge in [-0.2, -0.15) is 5.26 Å². The second-order valence-corrected chi connectivity index (χ2v) is 8.39. The number of likely N-dealkylation sites (tertiary alicyclic amines) is 1. The Balaban J connectivity index is 1.37. The Morgan fingerprint density at radius 3 is 2.58 bits per heavy atom. The fourth-order valence-corrected chi connectivity index (χ4v) is 4.77. The molecule has 2 aliphatic rings. The van der Waals surface area contributed by atoms with Crippen LogP contribution in [-0.2, 0) is 11.3 Å². The van der Waals surface area contributed by atoms with Crippen molar-refractivity contribution in [1.29, 1.82) is 5.26 Å². The third kappa shape index (κ3) is 4.87. The first kappa shape index (κ1) is 21.3. The second kappa shape index (κ2) is 9.04. The zero-order valence-corrected chi connectivity index (χ0v) is 17.3. The van der Waals surface area contributed by atoms with Gasteiger partial charge in [-0.25, -0.2) is 9.18 Å². The minimum absolute atomic E-state index is 0.315. The van der Waals surface area contributed by atoms with E-state index in [1.807, 2.05) is 6.07 Å². The van der Waals surface area contributed by atoms with Gasteiger partial charge < -0.3 is 14.6 Å². The summed E-state index contributed by atoms with van der Waals surface area (Å²) in [7, 11) is 1.34. The molecule has 0 spiro atoms. The molecule has 1 aliphatic heterocycles. The molecule has 6 nitrogen and oxygen atoms in total. The van der Waals surface area contributed by atoms with Crippen LogP contribution in [0.25, 0.3) is 0 Å². The number of nitrogens with zero attached hydrogens (tertiary/aromatic N) is 2. The van der Waals surface area contributed by atoms with Crippen LogP contribution >= 0.6 is 0 Å². The molecular weight excluding hydrogens is 399 g/mol. The number of aliphatic hydroxyl groups is 1. The van der Waals surface area contributed by atoms with Crippen LogP contribution < -0.4 is 4.74 Å². The van der Waals surface area contributed by atoms with Gasteiger partial charge in [0.2, 0.25) is 0 Å². The van der Waals surface area contributed by atoms with Gasteiger partial charge in [0.15, 0.2) is 0 Å². The molecule has 1 N–H and O–H groups in total. The number of rotatable bonds is 5. The minimum atomic E-state index is -0.569. The van der Waals surface area contributed by atoms with Gasteiger partial charge >= 0.3 is 5.97 Å². The van der Waals surface area contributed by atoms with Crippen molar-refractivity contribution in [2.24, 2.45) is 11.8 Å². The van der Waals surface area contributed by atoms with E-state index in [9.17, 15) is 14.3 Å². The van der Waals surface area contributed by atoms with Crippen LogP contribution in [0.5, 0.6) is 5.75 Å². The highest BCUT2D eigenvalue weighted by atomic mass is 19.1. The third-order valence-corrected chi connectivity index (χ3v) is 6.22. The molecule has 0 unspecified atom stereocenters. The molecule has 1 saturated heterocycles. The average Bonchev–Trinajstić information content (AvgIpc) is 3.14. The van der Waals surface area contributed by atoms with Gasteiger partial charge in [-0.15, -0.1) is 0 Å². The molecule has 162 valence electrons. The molecule has 2 fully saturated rings. The Hall–Kier alpha value is -2.95. The molecule has 1 saturated carbocycles. The van der Waals surface area contributed by atoms with Crippen molar-refractivity contribution in [3.05, 3.63) is 65.0 Å². The Kier molecular flexibility index (Phi) is 6.21. The van der Waals surface area contributed by atoms with E-state index >= 15 is 0 Å². The highest BCUT2D eigenvalue weighted by Crippen LogP contribution is 2.38. The molecule has 2 aromatic carbocycles. The van der Waals surface area contributed by atoms with E-state index in [2.05, 4.69) is 4.90 Å². The molecule has 4 rings (SSSR count). The maximum atomic E-state index is 13.7. The predicted molar refractivity (Wildman–Crippen MR) is 111 cm³/mol. The third-order valence-electron chi connectivity index (χ3n) is 6.22. The first-order chi connectivity index (χ1) is 14.9. The number of benzene rings is 2. The average molecular weight is 424 g/mol. The van der Waals surface area contributed by atoms with Crippen molar-refractivity contribution in [3.8, 4) is 11.8 Å². The van der Waals surface area contributed by atoms with Crippen LogP contribution in [0.4, 0.5) is 4.39 Å². The zero-order valence-electron chi connectivity index (χ0n) is 17.3. The van der Waals surface area contributed by atoms with E-state index in [1.54, 1.807) is 30.3 Å². The smallest absolute Gasteiger partial charge is 0.337 e. The summed E-state index contributed by atoms with van der Waals surface area (Å²) in [4.78, 5) is 13.8. The molecule has 2 aromatic rings. The molecule has 1 aliphatic carbocycles. The molecule has 1 heterocycles. The van der Waals surface area contributed by atoms with E-state index in [1.165, 1.54) is 19.2 Å². The number of halogens is 1. The van der Waals surface area contributed by atoms with Crippen LogP contribution in [-0.4, -0.2) is 48.4 Å². The van der Waals surface area contributed by atoms with Gasteiger partial charge in [-0.05, 0) is 72.7 Å². The molecular formula is C24H25FN2O4. The van der Waals surface area contributed by atoms with Crippen LogP contribution in [0, 0.1) is 29.0 Å². The first-order valence-corrected chi connectivity index (χ1v) is 10.4. The van der Waals surface area contributed by atoms with Gasteiger partial charge in [0, 0.05) is 19.6 Å². The molecule has 0 bridgehead atoms. The summed E-state index contributed by atoms with van der Waals surface area (Å²) in [6.07, 6.45) is 0.497. The van der Waals surface area contributed by atoms with Crippen molar-refractivity contribution in [2.45, 2.75) is 31.6 Å². The van der Waals surface area contributed by atoms with E-state index in [0.717, 1.165) is 25.1 Å². The summed E-state index contributed by atoms with van der Waals surface area (Å²) < 4.78 is 24.5. The Labute approximate surface area is 180 Å². The van der Waals surface area contributed by atoms with Gasteiger partial charge in [-0.3, -0.25) is 4.90 Å². The lowest BCUT2D eigenvalue weighted by Crippen LogP contribution is -2.42.